The van der Waals surface area contributed by atoms with Gasteiger partial charge in [-0.15, -0.1) is 0 Å². The lowest BCUT2D eigenvalue weighted by molar-refractivity contribution is -0.122. The van der Waals surface area contributed by atoms with Crippen molar-refractivity contribution in [3.05, 3.63) is 29.8 Å². The molecule has 1 heterocycles. The van der Waals surface area contributed by atoms with E-state index in [9.17, 15) is 4.79 Å². The maximum Gasteiger partial charge on any atom is 0.242 e. The monoisotopic (exact) mass is 289 g/mol. The predicted molar refractivity (Wildman–Crippen MR) is 87.4 cm³/mol. The number of para-hydroxylation sites is 1. The topological polar surface area (TPSA) is 58.4 Å². The van der Waals surface area contributed by atoms with Crippen molar-refractivity contribution >= 4 is 11.6 Å². The Morgan fingerprint density at radius 1 is 1.38 bits per heavy atom. The molecule has 4 nitrogen and oxygen atoms in total. The van der Waals surface area contributed by atoms with Crippen LogP contribution in [0.25, 0.3) is 0 Å². The molecule has 116 valence electrons. The van der Waals surface area contributed by atoms with Gasteiger partial charge < -0.3 is 16.0 Å². The fraction of sp³-hybridized carbons (Fsp3) is 0.588. The van der Waals surface area contributed by atoms with Gasteiger partial charge in [0.1, 0.15) is 6.04 Å². The van der Waals surface area contributed by atoms with Crippen LogP contribution in [0.15, 0.2) is 24.3 Å². The van der Waals surface area contributed by atoms with Crippen molar-refractivity contribution in [2.24, 2.45) is 11.7 Å². The number of nitrogens with two attached hydrogens (primary N) is 1. The van der Waals surface area contributed by atoms with Crippen molar-refractivity contribution in [2.75, 3.05) is 18.0 Å². The third kappa shape index (κ3) is 3.97. The molecule has 2 rings (SSSR count). The molecule has 1 aliphatic heterocycles. The molecule has 0 spiro atoms. The quantitative estimate of drug-likeness (QED) is 0.871. The van der Waals surface area contributed by atoms with Gasteiger partial charge in [-0.05, 0) is 37.3 Å². The second kappa shape index (κ2) is 6.94. The number of fused-ring (bicyclic) bond motifs is 1. The fourth-order valence-corrected chi connectivity index (χ4v) is 2.80. The van der Waals surface area contributed by atoms with E-state index >= 15 is 0 Å². The summed E-state index contributed by atoms with van der Waals surface area (Å²) in [6, 6.07) is 8.13. The zero-order chi connectivity index (χ0) is 15.4. The van der Waals surface area contributed by atoms with Gasteiger partial charge in [-0.1, -0.05) is 32.0 Å². The largest absolute Gasteiger partial charge is 0.358 e. The van der Waals surface area contributed by atoms with Crippen LogP contribution >= 0.6 is 0 Å². The third-order valence-electron chi connectivity index (χ3n) is 4.08. The maximum atomic E-state index is 12.3. The van der Waals surface area contributed by atoms with Crippen molar-refractivity contribution in [2.45, 2.75) is 45.7 Å². The molecule has 1 amide bonds. The average molecular weight is 289 g/mol. The minimum Gasteiger partial charge on any atom is -0.358 e. The normalized spacial score (nSPS) is 19.3. The van der Waals surface area contributed by atoms with E-state index in [1.807, 2.05) is 19.1 Å². The van der Waals surface area contributed by atoms with E-state index in [0.29, 0.717) is 5.92 Å². The minimum atomic E-state index is -0.190. The lowest BCUT2D eigenvalue weighted by atomic mass is 9.97. The predicted octanol–water partition coefficient (Wildman–Crippen LogP) is 1.93. The van der Waals surface area contributed by atoms with Crippen LogP contribution in [0.4, 0.5) is 5.69 Å². The molecule has 1 aromatic carbocycles. The van der Waals surface area contributed by atoms with Gasteiger partial charge in [-0.3, -0.25) is 4.79 Å². The van der Waals surface area contributed by atoms with Crippen molar-refractivity contribution in [1.82, 2.24) is 5.32 Å². The second-order valence-electron chi connectivity index (χ2n) is 6.39. The van der Waals surface area contributed by atoms with Crippen LogP contribution in [0.5, 0.6) is 0 Å². The minimum absolute atomic E-state index is 0.0829. The second-order valence-corrected chi connectivity index (χ2v) is 6.39. The van der Waals surface area contributed by atoms with E-state index in [2.05, 4.69) is 36.2 Å². The molecule has 1 aromatic rings. The van der Waals surface area contributed by atoms with Gasteiger partial charge in [-0.2, -0.15) is 0 Å². The number of carbonyl (C=O) groups is 1. The number of carbonyl (C=O) groups excluding carboxylic acids is 1. The molecule has 0 fully saturated rings. The summed E-state index contributed by atoms with van der Waals surface area (Å²) in [6.45, 7) is 7.75. The number of amides is 1. The van der Waals surface area contributed by atoms with Crippen LogP contribution in [0, 0.1) is 5.92 Å². The van der Waals surface area contributed by atoms with Crippen molar-refractivity contribution in [3.63, 3.8) is 0 Å². The molecule has 2 unspecified atom stereocenters. The van der Waals surface area contributed by atoms with Gasteiger partial charge >= 0.3 is 0 Å². The lowest BCUT2D eigenvalue weighted by Crippen LogP contribution is -2.52. The summed E-state index contributed by atoms with van der Waals surface area (Å²) >= 11 is 0. The Morgan fingerprint density at radius 2 is 2.10 bits per heavy atom. The van der Waals surface area contributed by atoms with Crippen LogP contribution in [-0.4, -0.2) is 31.1 Å². The zero-order valence-electron chi connectivity index (χ0n) is 13.3. The SMILES string of the molecule is CC(C)CCNC(=O)C(C)N1CC(N)Cc2ccccc21. The summed E-state index contributed by atoms with van der Waals surface area (Å²) in [7, 11) is 0. The molecule has 2 atom stereocenters. The fourth-order valence-electron chi connectivity index (χ4n) is 2.80. The molecule has 21 heavy (non-hydrogen) atoms. The first kappa shape index (κ1) is 15.8. The van der Waals surface area contributed by atoms with E-state index in [1.54, 1.807) is 0 Å². The van der Waals surface area contributed by atoms with E-state index in [-0.39, 0.29) is 18.0 Å². The Morgan fingerprint density at radius 3 is 2.81 bits per heavy atom. The third-order valence-corrected chi connectivity index (χ3v) is 4.08. The van der Waals surface area contributed by atoms with E-state index in [4.69, 9.17) is 5.73 Å². The molecule has 0 saturated heterocycles. The Hall–Kier alpha value is -1.55. The number of hydrogen-bond acceptors (Lipinski definition) is 3. The maximum absolute atomic E-state index is 12.3. The van der Waals surface area contributed by atoms with E-state index in [1.165, 1.54) is 5.56 Å². The Balaban J connectivity index is 2.05. The van der Waals surface area contributed by atoms with Crippen LogP contribution in [0.3, 0.4) is 0 Å². The van der Waals surface area contributed by atoms with Crippen LogP contribution < -0.4 is 16.0 Å². The lowest BCUT2D eigenvalue weighted by Gasteiger charge is -2.38. The number of hydrogen-bond donors (Lipinski definition) is 2. The summed E-state index contributed by atoms with van der Waals surface area (Å²) in [5.41, 5.74) is 8.52. The first-order chi connectivity index (χ1) is 9.99. The van der Waals surface area contributed by atoms with Gasteiger partial charge in [0.05, 0.1) is 0 Å². The standard InChI is InChI=1S/C17H27N3O/c1-12(2)8-9-19-17(21)13(3)20-11-15(18)10-14-6-4-5-7-16(14)20/h4-7,12-13,15H,8-11,18H2,1-3H3,(H,19,21). The van der Waals surface area contributed by atoms with Crippen LogP contribution in [-0.2, 0) is 11.2 Å². The molecular weight excluding hydrogens is 262 g/mol. The number of nitrogens with zero attached hydrogens (tertiary/aromatic N) is 1. The summed E-state index contributed by atoms with van der Waals surface area (Å²) in [6.07, 6.45) is 1.89. The van der Waals surface area contributed by atoms with Crippen LogP contribution in [0.2, 0.25) is 0 Å². The Kier molecular flexibility index (Phi) is 5.23. The van der Waals surface area contributed by atoms with Gasteiger partial charge in [0.15, 0.2) is 0 Å². The highest BCUT2D eigenvalue weighted by atomic mass is 16.2. The molecule has 1 aliphatic rings. The molecular formula is C17H27N3O. The first-order valence-electron chi connectivity index (χ1n) is 7.87. The first-order valence-corrected chi connectivity index (χ1v) is 7.87. The van der Waals surface area contributed by atoms with Gasteiger partial charge in [-0.25, -0.2) is 0 Å². The average Bonchev–Trinajstić information content (AvgIpc) is 2.45. The number of anilines is 1. The number of nitrogens with one attached hydrogen (secondary N) is 1. The molecule has 4 heteroatoms. The number of rotatable bonds is 5. The molecule has 0 saturated carbocycles. The van der Waals surface area contributed by atoms with Crippen molar-refractivity contribution in [3.8, 4) is 0 Å². The summed E-state index contributed by atoms with van der Waals surface area (Å²) in [4.78, 5) is 14.5. The molecule has 0 aromatic heterocycles. The van der Waals surface area contributed by atoms with Crippen molar-refractivity contribution in [1.29, 1.82) is 0 Å². The molecule has 0 bridgehead atoms. The van der Waals surface area contributed by atoms with Gasteiger partial charge in [0.2, 0.25) is 5.91 Å². The summed E-state index contributed by atoms with van der Waals surface area (Å²) in [5.74, 6) is 0.685. The smallest absolute Gasteiger partial charge is 0.242 e. The summed E-state index contributed by atoms with van der Waals surface area (Å²) < 4.78 is 0. The van der Waals surface area contributed by atoms with E-state index < -0.39 is 0 Å². The summed E-state index contributed by atoms with van der Waals surface area (Å²) in [5, 5.41) is 3.04. The molecule has 3 N–H and O–H groups in total. The van der Waals surface area contributed by atoms with Gasteiger partial charge in [0, 0.05) is 24.8 Å². The molecule has 0 radical (unpaired) electrons. The number of benzene rings is 1. The zero-order valence-corrected chi connectivity index (χ0v) is 13.3. The Bertz CT molecular complexity index is 487. The Labute approximate surface area is 127 Å². The highest BCUT2D eigenvalue weighted by Gasteiger charge is 2.28. The van der Waals surface area contributed by atoms with Crippen LogP contribution in [0.1, 0.15) is 32.8 Å². The highest BCUT2D eigenvalue weighted by molar-refractivity contribution is 5.85. The van der Waals surface area contributed by atoms with Gasteiger partial charge in [0.25, 0.3) is 0 Å². The van der Waals surface area contributed by atoms with Crippen molar-refractivity contribution < 1.29 is 4.79 Å². The highest BCUT2D eigenvalue weighted by Crippen LogP contribution is 2.28. The van der Waals surface area contributed by atoms with E-state index in [0.717, 1.165) is 31.6 Å². The molecule has 0 aliphatic carbocycles.